The zero-order valence-electron chi connectivity index (χ0n) is 4.90. The van der Waals surface area contributed by atoms with Crippen LogP contribution in [0, 0.1) is 0 Å². The summed E-state index contributed by atoms with van der Waals surface area (Å²) >= 11 is 0. The van der Waals surface area contributed by atoms with E-state index in [-0.39, 0.29) is 0 Å². The molecule has 2 aromatic rings. The summed E-state index contributed by atoms with van der Waals surface area (Å²) in [5.74, 6) is 0. The number of furan rings is 1. The molecule has 0 radical (unpaired) electrons. The highest BCUT2D eigenvalue weighted by Gasteiger charge is 2.00. The van der Waals surface area contributed by atoms with Gasteiger partial charge in [-0.05, 0) is 0 Å². The molecule has 0 unspecified atom stereocenters. The second-order valence-electron chi connectivity index (χ2n) is 1.86. The Balaban J connectivity index is 2.99. The van der Waals surface area contributed by atoms with Gasteiger partial charge in [-0.2, -0.15) is 0 Å². The Kier molecular flexibility index (Phi) is 0.677. The van der Waals surface area contributed by atoms with Gasteiger partial charge >= 0.3 is 0 Å². The minimum Gasteiger partial charge on any atom is -0.468 e. The van der Waals surface area contributed by atoms with Crippen molar-refractivity contribution in [2.45, 2.75) is 0 Å². The van der Waals surface area contributed by atoms with Gasteiger partial charge in [-0.1, -0.05) is 5.21 Å². The van der Waals surface area contributed by atoms with E-state index in [0.29, 0.717) is 0 Å². The highest BCUT2D eigenvalue weighted by atomic mass is 16.3. The van der Waals surface area contributed by atoms with Gasteiger partial charge < -0.3 is 4.42 Å². The summed E-state index contributed by atoms with van der Waals surface area (Å²) in [5, 5.41) is 7.56. The molecular weight excluding hydrogens is 118 g/mol. The molecular formula is C5H5N3O. The van der Waals surface area contributed by atoms with Crippen molar-refractivity contribution < 1.29 is 4.42 Å². The van der Waals surface area contributed by atoms with Gasteiger partial charge in [0.25, 0.3) is 0 Å². The molecule has 2 aromatic heterocycles. The van der Waals surface area contributed by atoms with E-state index in [1.807, 2.05) is 7.05 Å². The van der Waals surface area contributed by atoms with Crippen LogP contribution in [0.2, 0.25) is 0 Å². The minimum atomic E-state index is 0.803. The van der Waals surface area contributed by atoms with Crippen molar-refractivity contribution in [3.63, 3.8) is 0 Å². The first-order chi connectivity index (χ1) is 4.38. The van der Waals surface area contributed by atoms with Crippen molar-refractivity contribution in [2.24, 2.45) is 7.05 Å². The molecule has 2 heterocycles. The average Bonchev–Trinajstić information content (AvgIpc) is 2.35. The van der Waals surface area contributed by atoms with E-state index in [9.17, 15) is 0 Å². The largest absolute Gasteiger partial charge is 0.468 e. The normalized spacial score (nSPS) is 10.8. The molecule has 4 nitrogen and oxygen atoms in total. The van der Waals surface area contributed by atoms with E-state index in [0.717, 1.165) is 11.0 Å². The summed E-state index contributed by atoms with van der Waals surface area (Å²) in [6.07, 6.45) is 3.19. The van der Waals surface area contributed by atoms with Crippen LogP contribution in [0.25, 0.3) is 11.0 Å². The maximum Gasteiger partial charge on any atom is 0.151 e. The molecule has 0 amide bonds. The average molecular weight is 123 g/mol. The van der Waals surface area contributed by atoms with Crippen molar-refractivity contribution in [1.82, 2.24) is 15.0 Å². The monoisotopic (exact) mass is 123 g/mol. The van der Waals surface area contributed by atoms with Gasteiger partial charge in [0.2, 0.25) is 0 Å². The second-order valence-corrected chi connectivity index (χ2v) is 1.86. The maximum atomic E-state index is 4.86. The molecule has 0 atom stereocenters. The van der Waals surface area contributed by atoms with Gasteiger partial charge in [0.15, 0.2) is 5.52 Å². The number of hydrogen-bond donors (Lipinski definition) is 0. The van der Waals surface area contributed by atoms with Crippen LogP contribution in [-0.2, 0) is 7.05 Å². The zero-order valence-corrected chi connectivity index (χ0v) is 4.90. The zero-order chi connectivity index (χ0) is 6.27. The molecule has 46 valence electrons. The summed E-state index contributed by atoms with van der Waals surface area (Å²) in [5.41, 5.74) is 1.73. The van der Waals surface area contributed by atoms with Crippen molar-refractivity contribution in [3.05, 3.63) is 12.5 Å². The second kappa shape index (κ2) is 1.34. The molecule has 9 heavy (non-hydrogen) atoms. The van der Waals surface area contributed by atoms with Gasteiger partial charge in [-0.15, -0.1) is 5.10 Å². The first-order valence-corrected chi connectivity index (χ1v) is 2.59. The Labute approximate surface area is 51.1 Å². The molecule has 0 aliphatic rings. The van der Waals surface area contributed by atoms with Gasteiger partial charge in [-0.25, -0.2) is 4.68 Å². The van der Waals surface area contributed by atoms with Crippen LogP contribution in [0.1, 0.15) is 0 Å². The summed E-state index contributed by atoms with van der Waals surface area (Å²) in [4.78, 5) is 0. The van der Waals surface area contributed by atoms with E-state index in [2.05, 4.69) is 10.3 Å². The standard InChI is InChI=1S/C5H5N3O/c1-8-5-3-9-2-4(5)6-7-8/h2-3H,1H3. The quantitative estimate of drug-likeness (QED) is 0.514. The predicted molar refractivity (Wildman–Crippen MR) is 30.8 cm³/mol. The smallest absolute Gasteiger partial charge is 0.151 e. The molecule has 0 bridgehead atoms. The van der Waals surface area contributed by atoms with Crippen molar-refractivity contribution >= 4 is 11.0 Å². The minimum absolute atomic E-state index is 0.803. The molecule has 0 saturated carbocycles. The first-order valence-electron chi connectivity index (χ1n) is 2.59. The molecule has 4 heteroatoms. The number of aromatic nitrogens is 3. The Morgan fingerprint density at radius 1 is 1.56 bits per heavy atom. The number of aryl methyl sites for hydroxylation is 1. The third-order valence-corrected chi connectivity index (χ3v) is 1.26. The predicted octanol–water partition coefficient (Wildman–Crippen LogP) is 0.561. The van der Waals surface area contributed by atoms with Crippen LogP contribution in [0.15, 0.2) is 16.9 Å². The molecule has 0 aromatic carbocycles. The Hall–Kier alpha value is -1.32. The fourth-order valence-corrected chi connectivity index (χ4v) is 0.764. The molecule has 0 saturated heterocycles. The van der Waals surface area contributed by atoms with E-state index < -0.39 is 0 Å². The van der Waals surface area contributed by atoms with Crippen molar-refractivity contribution in [2.75, 3.05) is 0 Å². The molecule has 0 aliphatic heterocycles. The fourth-order valence-electron chi connectivity index (χ4n) is 0.764. The van der Waals surface area contributed by atoms with E-state index in [1.165, 1.54) is 0 Å². The van der Waals surface area contributed by atoms with Crippen LogP contribution < -0.4 is 0 Å². The van der Waals surface area contributed by atoms with Crippen LogP contribution in [0.5, 0.6) is 0 Å². The number of nitrogens with zero attached hydrogens (tertiary/aromatic N) is 3. The van der Waals surface area contributed by atoms with Crippen LogP contribution in [0.4, 0.5) is 0 Å². The molecule has 0 fully saturated rings. The lowest BCUT2D eigenvalue weighted by atomic mass is 10.5. The summed E-state index contributed by atoms with van der Waals surface area (Å²) in [7, 11) is 1.82. The molecule has 0 aliphatic carbocycles. The van der Waals surface area contributed by atoms with E-state index in [1.54, 1.807) is 17.2 Å². The first kappa shape index (κ1) is 4.55. The van der Waals surface area contributed by atoms with Gasteiger partial charge in [0.05, 0.1) is 0 Å². The van der Waals surface area contributed by atoms with Crippen LogP contribution >= 0.6 is 0 Å². The third-order valence-electron chi connectivity index (χ3n) is 1.26. The van der Waals surface area contributed by atoms with Crippen LogP contribution in [0.3, 0.4) is 0 Å². The number of hydrogen-bond acceptors (Lipinski definition) is 3. The molecule has 0 N–H and O–H groups in total. The Morgan fingerprint density at radius 2 is 2.44 bits per heavy atom. The van der Waals surface area contributed by atoms with Gasteiger partial charge in [-0.3, -0.25) is 0 Å². The summed E-state index contributed by atoms with van der Waals surface area (Å²) in [6, 6.07) is 0. The summed E-state index contributed by atoms with van der Waals surface area (Å²) in [6.45, 7) is 0. The Morgan fingerprint density at radius 3 is 3.22 bits per heavy atom. The molecule has 0 spiro atoms. The fraction of sp³-hybridized carbons (Fsp3) is 0.200. The Bertz CT molecular complexity index is 321. The third kappa shape index (κ3) is 0.468. The lowest BCUT2D eigenvalue weighted by molar-refractivity contribution is 0.564. The lowest BCUT2D eigenvalue weighted by Crippen LogP contribution is -1.87. The number of rotatable bonds is 0. The van der Waals surface area contributed by atoms with Crippen molar-refractivity contribution in [1.29, 1.82) is 0 Å². The summed E-state index contributed by atoms with van der Waals surface area (Å²) < 4.78 is 6.53. The van der Waals surface area contributed by atoms with E-state index >= 15 is 0 Å². The van der Waals surface area contributed by atoms with E-state index in [4.69, 9.17) is 4.42 Å². The number of fused-ring (bicyclic) bond motifs is 1. The maximum absolute atomic E-state index is 4.86. The van der Waals surface area contributed by atoms with Crippen molar-refractivity contribution in [3.8, 4) is 0 Å². The highest BCUT2D eigenvalue weighted by Crippen LogP contribution is 2.08. The van der Waals surface area contributed by atoms with Gasteiger partial charge in [0, 0.05) is 7.05 Å². The van der Waals surface area contributed by atoms with Crippen LogP contribution in [-0.4, -0.2) is 15.0 Å². The SMILES string of the molecule is Cn1nnc2cocc21. The lowest BCUT2D eigenvalue weighted by Gasteiger charge is -1.80. The van der Waals surface area contributed by atoms with Gasteiger partial charge in [0.1, 0.15) is 18.0 Å². The highest BCUT2D eigenvalue weighted by molar-refractivity contribution is 5.71. The topological polar surface area (TPSA) is 43.9 Å². The molecule has 2 rings (SSSR count).